The maximum absolute atomic E-state index is 10.5. The van der Waals surface area contributed by atoms with Crippen LogP contribution in [-0.2, 0) is 32.0 Å². The van der Waals surface area contributed by atoms with Gasteiger partial charge in [0.05, 0.1) is 0 Å². The number of amides is 1. The minimum Gasteiger partial charge on any atom is -0.480 e. The second-order valence-corrected chi connectivity index (χ2v) is 3.36. The molecule has 0 aliphatic heterocycles. The van der Waals surface area contributed by atoms with Crippen molar-refractivity contribution in [2.75, 3.05) is 12.0 Å². The van der Waals surface area contributed by atoms with Gasteiger partial charge in [0.2, 0.25) is 5.91 Å². The van der Waals surface area contributed by atoms with E-state index in [1.807, 2.05) is 6.26 Å². The van der Waals surface area contributed by atoms with Gasteiger partial charge in [-0.15, -0.1) is 0 Å². The molecule has 0 aromatic carbocycles. The third-order valence-corrected chi connectivity index (χ3v) is 1.93. The van der Waals surface area contributed by atoms with Crippen molar-refractivity contribution in [3.05, 3.63) is 0 Å². The van der Waals surface area contributed by atoms with Gasteiger partial charge >= 0.3 is 5.97 Å². The molecule has 1 amide bonds. The second-order valence-electron chi connectivity index (χ2n) is 2.37. The fourth-order valence-electron chi connectivity index (χ4n) is 0.738. The maximum Gasteiger partial charge on any atom is 0.326 e. The summed E-state index contributed by atoms with van der Waals surface area (Å²) in [5.41, 5.74) is 0. The fraction of sp³-hybridized carbons (Fsp3) is 0.714. The molecule has 1 radical (unpaired) electrons. The average Bonchev–Trinajstić information content (AvgIpc) is 1.96. The van der Waals surface area contributed by atoms with Crippen LogP contribution in [0.4, 0.5) is 0 Å². The summed E-state index contributed by atoms with van der Waals surface area (Å²) in [5.74, 6) is -0.542. The van der Waals surface area contributed by atoms with Crippen LogP contribution < -0.4 is 5.32 Å². The Balaban J connectivity index is 0. The Kier molecular flexibility index (Phi) is 10.3. The summed E-state index contributed by atoms with van der Waals surface area (Å²) < 4.78 is 0. The number of rotatable bonds is 5. The molecule has 0 aromatic heterocycles. The second kappa shape index (κ2) is 8.62. The van der Waals surface area contributed by atoms with Gasteiger partial charge in [-0.25, -0.2) is 4.79 Å². The first kappa shape index (κ1) is 15.5. The molecule has 6 heteroatoms. The van der Waals surface area contributed by atoms with Crippen LogP contribution in [0.15, 0.2) is 0 Å². The quantitative estimate of drug-likeness (QED) is 0.718. The van der Waals surface area contributed by atoms with Gasteiger partial charge in [-0.1, -0.05) is 0 Å². The molecule has 0 unspecified atom stereocenters. The number of thioether (sulfide) groups is 1. The molecule has 0 saturated carbocycles. The predicted octanol–water partition coefficient (Wildman–Crippen LogP) is 0.326. The minimum atomic E-state index is -0.973. The summed E-state index contributed by atoms with van der Waals surface area (Å²) in [6, 6.07) is -0.741. The van der Waals surface area contributed by atoms with E-state index < -0.39 is 12.0 Å². The molecule has 0 spiro atoms. The van der Waals surface area contributed by atoms with Gasteiger partial charge in [0, 0.05) is 29.3 Å². The molecule has 0 fully saturated rings. The first-order chi connectivity index (χ1) is 5.57. The van der Waals surface area contributed by atoms with Crippen LogP contribution >= 0.6 is 11.8 Å². The van der Waals surface area contributed by atoms with Gasteiger partial charge in [0.15, 0.2) is 0 Å². The molecular weight excluding hydrogens is 286 g/mol. The predicted molar refractivity (Wildman–Crippen MR) is 48.2 cm³/mol. The first-order valence-electron chi connectivity index (χ1n) is 3.56. The standard InChI is InChI=1S/C7H13NO3S.Ag/c1-5(9)8-6(7(10)11)3-4-12-2;/h6H,3-4H2,1-2H3,(H,8,9)(H,10,11);/t6-;/m0./s1. The van der Waals surface area contributed by atoms with Crippen LogP contribution in [0.5, 0.6) is 0 Å². The minimum absolute atomic E-state index is 0. The number of carbonyl (C=O) groups excluding carboxylic acids is 1. The van der Waals surface area contributed by atoms with Gasteiger partial charge in [-0.2, -0.15) is 11.8 Å². The topological polar surface area (TPSA) is 66.4 Å². The molecule has 0 aromatic rings. The van der Waals surface area contributed by atoms with Crippen molar-refractivity contribution in [3.63, 3.8) is 0 Å². The van der Waals surface area contributed by atoms with E-state index >= 15 is 0 Å². The van der Waals surface area contributed by atoms with E-state index in [4.69, 9.17) is 5.11 Å². The van der Waals surface area contributed by atoms with Crippen LogP contribution in [0.3, 0.4) is 0 Å². The first-order valence-corrected chi connectivity index (χ1v) is 4.96. The van der Waals surface area contributed by atoms with E-state index in [2.05, 4.69) is 5.32 Å². The number of hydrogen-bond acceptors (Lipinski definition) is 3. The maximum atomic E-state index is 10.5. The smallest absolute Gasteiger partial charge is 0.326 e. The number of carbonyl (C=O) groups is 2. The molecule has 0 rings (SSSR count). The summed E-state index contributed by atoms with van der Waals surface area (Å²) in [6.45, 7) is 1.31. The van der Waals surface area contributed by atoms with Gasteiger partial charge in [0.25, 0.3) is 0 Å². The van der Waals surface area contributed by atoms with E-state index in [0.717, 1.165) is 5.75 Å². The normalized spacial score (nSPS) is 11.2. The van der Waals surface area contributed by atoms with Crippen molar-refractivity contribution >= 4 is 23.6 Å². The number of carboxylic acid groups (broad SMARTS) is 1. The molecule has 0 heterocycles. The molecular formula is C7H13AgNO3S. The van der Waals surface area contributed by atoms with E-state index in [-0.39, 0.29) is 28.3 Å². The van der Waals surface area contributed by atoms with E-state index in [9.17, 15) is 9.59 Å². The molecule has 4 nitrogen and oxygen atoms in total. The monoisotopic (exact) mass is 298 g/mol. The summed E-state index contributed by atoms with van der Waals surface area (Å²) in [4.78, 5) is 21.1. The van der Waals surface area contributed by atoms with Crippen molar-refractivity contribution in [3.8, 4) is 0 Å². The Morgan fingerprint density at radius 3 is 2.38 bits per heavy atom. The number of nitrogens with one attached hydrogen (secondary N) is 1. The molecule has 81 valence electrons. The Labute approximate surface area is 97.4 Å². The zero-order chi connectivity index (χ0) is 9.56. The summed E-state index contributed by atoms with van der Waals surface area (Å²) in [6.07, 6.45) is 2.36. The molecule has 0 aliphatic rings. The summed E-state index contributed by atoms with van der Waals surface area (Å²) in [5, 5.41) is 11.0. The molecule has 0 saturated heterocycles. The fourth-order valence-corrected chi connectivity index (χ4v) is 1.21. The van der Waals surface area contributed by atoms with Gasteiger partial charge in [0.1, 0.15) is 6.04 Å². The van der Waals surface area contributed by atoms with Crippen LogP contribution in [-0.4, -0.2) is 35.0 Å². The molecule has 1 atom stereocenters. The average molecular weight is 299 g/mol. The molecule has 13 heavy (non-hydrogen) atoms. The van der Waals surface area contributed by atoms with Crippen molar-refractivity contribution in [1.82, 2.24) is 5.32 Å². The van der Waals surface area contributed by atoms with E-state index in [1.165, 1.54) is 6.92 Å². The zero-order valence-electron chi connectivity index (χ0n) is 7.47. The van der Waals surface area contributed by atoms with Crippen LogP contribution in [0.1, 0.15) is 13.3 Å². The third-order valence-electron chi connectivity index (χ3n) is 1.29. The van der Waals surface area contributed by atoms with E-state index in [1.54, 1.807) is 11.8 Å². The van der Waals surface area contributed by atoms with Crippen molar-refractivity contribution in [1.29, 1.82) is 0 Å². The SMILES string of the molecule is CSCC[C@H](NC(C)=O)C(=O)O.[Ag]. The molecule has 0 bridgehead atoms. The Morgan fingerprint density at radius 2 is 2.08 bits per heavy atom. The summed E-state index contributed by atoms with van der Waals surface area (Å²) in [7, 11) is 0. The summed E-state index contributed by atoms with van der Waals surface area (Å²) >= 11 is 1.56. The van der Waals surface area contributed by atoms with E-state index in [0.29, 0.717) is 6.42 Å². The Hall–Kier alpha value is 0.0303. The molecule has 2 N–H and O–H groups in total. The number of carboxylic acids is 1. The Bertz CT molecular complexity index is 177. The van der Waals surface area contributed by atoms with Gasteiger partial charge in [-0.05, 0) is 18.4 Å². The largest absolute Gasteiger partial charge is 0.480 e. The van der Waals surface area contributed by atoms with Crippen LogP contribution in [0, 0.1) is 0 Å². The van der Waals surface area contributed by atoms with Crippen LogP contribution in [0.25, 0.3) is 0 Å². The third kappa shape index (κ3) is 8.36. The zero-order valence-corrected chi connectivity index (χ0v) is 9.76. The number of aliphatic carboxylic acids is 1. The number of hydrogen-bond donors (Lipinski definition) is 2. The van der Waals surface area contributed by atoms with Crippen molar-refractivity contribution in [2.45, 2.75) is 19.4 Å². The van der Waals surface area contributed by atoms with Crippen molar-refractivity contribution < 1.29 is 37.1 Å². The van der Waals surface area contributed by atoms with Crippen molar-refractivity contribution in [2.24, 2.45) is 0 Å². The molecule has 0 aliphatic carbocycles. The van der Waals surface area contributed by atoms with Gasteiger partial charge in [-0.3, -0.25) is 4.79 Å². The van der Waals surface area contributed by atoms with Crippen LogP contribution in [0.2, 0.25) is 0 Å². The van der Waals surface area contributed by atoms with Gasteiger partial charge < -0.3 is 10.4 Å². The Morgan fingerprint density at radius 1 is 1.54 bits per heavy atom.